The topological polar surface area (TPSA) is 56.0 Å². The average molecular weight is 260 g/mol. The van der Waals surface area contributed by atoms with E-state index in [0.29, 0.717) is 11.5 Å². The van der Waals surface area contributed by atoms with E-state index < -0.39 is 0 Å². The molecule has 1 aliphatic carbocycles. The first-order valence-electron chi connectivity index (χ1n) is 6.20. The average Bonchev–Trinajstić information content (AvgIpc) is 3.06. The van der Waals surface area contributed by atoms with E-state index in [-0.39, 0.29) is 5.91 Å². The second kappa shape index (κ2) is 3.79. The lowest BCUT2D eigenvalue weighted by Crippen LogP contribution is -2.16. The number of nitrogens with zero attached hydrogens (tertiary/aromatic N) is 1. The number of aromatic nitrogens is 1. The molecule has 0 atom stereocenters. The van der Waals surface area contributed by atoms with Crippen molar-refractivity contribution in [3.8, 4) is 0 Å². The number of carbonyl (C=O) groups excluding carboxylic acids is 1. The van der Waals surface area contributed by atoms with Crippen LogP contribution in [0.2, 0.25) is 0 Å². The van der Waals surface area contributed by atoms with E-state index in [0.717, 1.165) is 28.9 Å². The van der Waals surface area contributed by atoms with Crippen molar-refractivity contribution in [2.75, 3.05) is 0 Å². The highest BCUT2D eigenvalue weighted by atomic mass is 32.1. The Morgan fingerprint density at radius 3 is 2.56 bits per heavy atom. The van der Waals surface area contributed by atoms with Gasteiger partial charge < -0.3 is 5.73 Å². The molecule has 4 heteroatoms. The van der Waals surface area contributed by atoms with Gasteiger partial charge in [-0.25, -0.2) is 4.98 Å². The largest absolute Gasteiger partial charge is 0.366 e. The molecule has 3 rings (SSSR count). The number of fused-ring (bicyclic) bond motifs is 1. The number of rotatable bonds is 2. The monoisotopic (exact) mass is 260 g/mol. The molecular formula is C14H16N2OS. The molecule has 94 valence electrons. The van der Waals surface area contributed by atoms with Crippen LogP contribution in [0.3, 0.4) is 0 Å². The molecule has 3 nitrogen and oxygen atoms in total. The van der Waals surface area contributed by atoms with E-state index in [1.54, 1.807) is 11.3 Å². The lowest BCUT2D eigenvalue weighted by molar-refractivity contribution is 0.0998. The maximum absolute atomic E-state index is 11.7. The van der Waals surface area contributed by atoms with Gasteiger partial charge in [0, 0.05) is 10.3 Å². The van der Waals surface area contributed by atoms with Crippen LogP contribution in [-0.2, 0) is 0 Å². The molecular weight excluding hydrogens is 244 g/mol. The van der Waals surface area contributed by atoms with Crippen LogP contribution in [0.5, 0.6) is 0 Å². The summed E-state index contributed by atoms with van der Waals surface area (Å²) in [6.45, 7) is 6.11. The van der Waals surface area contributed by atoms with Gasteiger partial charge in [0.1, 0.15) is 4.83 Å². The van der Waals surface area contributed by atoms with Gasteiger partial charge in [-0.2, -0.15) is 0 Å². The van der Waals surface area contributed by atoms with Gasteiger partial charge in [-0.05, 0) is 50.7 Å². The smallest absolute Gasteiger partial charge is 0.250 e. The van der Waals surface area contributed by atoms with Gasteiger partial charge in [0.05, 0.1) is 11.3 Å². The molecule has 2 N–H and O–H groups in total. The molecule has 0 saturated heterocycles. The summed E-state index contributed by atoms with van der Waals surface area (Å²) in [5.74, 6) is 0.163. The Balaban J connectivity index is 2.46. The zero-order chi connectivity index (χ0) is 13.0. The first-order valence-corrected chi connectivity index (χ1v) is 7.02. The fourth-order valence-corrected chi connectivity index (χ4v) is 3.72. The lowest BCUT2D eigenvalue weighted by Gasteiger charge is -2.11. The maximum Gasteiger partial charge on any atom is 0.250 e. The van der Waals surface area contributed by atoms with Gasteiger partial charge >= 0.3 is 0 Å². The maximum atomic E-state index is 11.7. The predicted molar refractivity (Wildman–Crippen MR) is 74.3 cm³/mol. The highest BCUT2D eigenvalue weighted by Gasteiger charge is 2.32. The van der Waals surface area contributed by atoms with Crippen molar-refractivity contribution >= 4 is 27.5 Å². The minimum Gasteiger partial charge on any atom is -0.366 e. The van der Waals surface area contributed by atoms with Crippen LogP contribution in [-0.4, -0.2) is 10.9 Å². The number of primary amides is 1. The van der Waals surface area contributed by atoms with Gasteiger partial charge in [0.2, 0.25) is 0 Å². The van der Waals surface area contributed by atoms with E-state index in [1.165, 1.54) is 15.8 Å². The van der Waals surface area contributed by atoms with Crippen molar-refractivity contribution in [3.05, 3.63) is 27.3 Å². The molecule has 0 aromatic carbocycles. The van der Waals surface area contributed by atoms with E-state index in [9.17, 15) is 4.79 Å². The number of aryl methyl sites for hydroxylation is 3. The highest BCUT2D eigenvalue weighted by Crippen LogP contribution is 2.47. The Labute approximate surface area is 110 Å². The Morgan fingerprint density at radius 2 is 2.00 bits per heavy atom. The van der Waals surface area contributed by atoms with Gasteiger partial charge in [-0.15, -0.1) is 11.3 Å². The molecule has 1 aliphatic rings. The number of amides is 1. The molecule has 2 aromatic rings. The van der Waals surface area contributed by atoms with E-state index >= 15 is 0 Å². The normalized spacial score (nSPS) is 15.3. The van der Waals surface area contributed by atoms with Gasteiger partial charge in [-0.1, -0.05) is 0 Å². The minimum absolute atomic E-state index is 0.341. The summed E-state index contributed by atoms with van der Waals surface area (Å²) in [6, 6.07) is 0. The van der Waals surface area contributed by atoms with E-state index in [1.807, 2.05) is 6.92 Å². The van der Waals surface area contributed by atoms with Gasteiger partial charge in [0.15, 0.2) is 0 Å². The van der Waals surface area contributed by atoms with Crippen LogP contribution in [0.15, 0.2) is 0 Å². The number of pyridine rings is 1. The molecule has 1 saturated carbocycles. The number of nitrogens with two attached hydrogens (primary N) is 1. The first-order chi connectivity index (χ1) is 8.50. The zero-order valence-electron chi connectivity index (χ0n) is 10.8. The number of hydrogen-bond donors (Lipinski definition) is 1. The van der Waals surface area contributed by atoms with Crippen LogP contribution >= 0.6 is 11.3 Å². The number of carbonyl (C=O) groups is 1. The molecule has 1 amide bonds. The van der Waals surface area contributed by atoms with Crippen LogP contribution in [0, 0.1) is 20.8 Å². The van der Waals surface area contributed by atoms with Crippen LogP contribution in [0.4, 0.5) is 0 Å². The summed E-state index contributed by atoms with van der Waals surface area (Å²) in [5, 5.41) is 1.18. The molecule has 2 aromatic heterocycles. The Hall–Kier alpha value is -1.42. The summed E-state index contributed by atoms with van der Waals surface area (Å²) in [5.41, 5.74) is 9.40. The third kappa shape index (κ3) is 1.56. The fourth-order valence-electron chi connectivity index (χ4n) is 2.62. The van der Waals surface area contributed by atoms with Gasteiger partial charge in [-0.3, -0.25) is 4.79 Å². The second-order valence-electron chi connectivity index (χ2n) is 5.09. The van der Waals surface area contributed by atoms with Crippen molar-refractivity contribution in [3.63, 3.8) is 0 Å². The molecule has 18 heavy (non-hydrogen) atoms. The molecule has 0 spiro atoms. The summed E-state index contributed by atoms with van der Waals surface area (Å²) in [7, 11) is 0. The Bertz CT molecular complexity index is 668. The third-order valence-corrected chi connectivity index (χ3v) is 4.87. The minimum atomic E-state index is -0.341. The summed E-state index contributed by atoms with van der Waals surface area (Å²) in [6.07, 6.45) is 2.32. The summed E-state index contributed by atoms with van der Waals surface area (Å²) in [4.78, 5) is 18.6. The first kappa shape index (κ1) is 11.7. The molecule has 1 fully saturated rings. The highest BCUT2D eigenvalue weighted by molar-refractivity contribution is 7.18. The molecule has 0 aliphatic heterocycles. The van der Waals surface area contributed by atoms with Crippen LogP contribution in [0.1, 0.15) is 50.8 Å². The van der Waals surface area contributed by atoms with E-state index in [2.05, 4.69) is 18.8 Å². The van der Waals surface area contributed by atoms with Gasteiger partial charge in [0.25, 0.3) is 5.91 Å². The SMILES string of the molecule is Cc1nc2sc(C)c(C)c2c(C2CC2)c1C(N)=O. The molecule has 2 heterocycles. The van der Waals surface area contributed by atoms with Crippen molar-refractivity contribution in [1.82, 2.24) is 4.98 Å². The van der Waals surface area contributed by atoms with E-state index in [4.69, 9.17) is 5.73 Å². The molecule has 0 radical (unpaired) electrons. The summed E-state index contributed by atoms with van der Waals surface area (Å²) >= 11 is 1.71. The number of hydrogen-bond acceptors (Lipinski definition) is 3. The predicted octanol–water partition coefficient (Wildman–Crippen LogP) is 3.20. The Kier molecular flexibility index (Phi) is 2.45. The van der Waals surface area contributed by atoms with Crippen molar-refractivity contribution in [1.29, 1.82) is 0 Å². The Morgan fingerprint density at radius 1 is 1.33 bits per heavy atom. The van der Waals surface area contributed by atoms with Crippen LogP contribution in [0.25, 0.3) is 10.2 Å². The molecule has 0 unspecified atom stereocenters. The standard InChI is InChI=1S/C14H16N2OS/c1-6-8(3)18-14-10(6)12(9-4-5-9)11(13(15)17)7(2)16-14/h9H,4-5H2,1-3H3,(H2,15,17). The zero-order valence-corrected chi connectivity index (χ0v) is 11.6. The third-order valence-electron chi connectivity index (χ3n) is 3.77. The fraction of sp³-hybridized carbons (Fsp3) is 0.429. The van der Waals surface area contributed by atoms with Crippen molar-refractivity contribution in [2.24, 2.45) is 5.73 Å². The number of thiophene rings is 1. The lowest BCUT2D eigenvalue weighted by atomic mass is 9.96. The quantitative estimate of drug-likeness (QED) is 0.901. The van der Waals surface area contributed by atoms with Crippen molar-refractivity contribution in [2.45, 2.75) is 39.5 Å². The second-order valence-corrected chi connectivity index (χ2v) is 6.29. The summed E-state index contributed by atoms with van der Waals surface area (Å²) < 4.78 is 0. The molecule has 0 bridgehead atoms. The van der Waals surface area contributed by atoms with Crippen LogP contribution < -0.4 is 5.73 Å². The van der Waals surface area contributed by atoms with Crippen molar-refractivity contribution < 1.29 is 4.79 Å².